The van der Waals surface area contributed by atoms with E-state index >= 15 is 0 Å². The van der Waals surface area contributed by atoms with Crippen LogP contribution in [0.3, 0.4) is 0 Å². The van der Waals surface area contributed by atoms with Crippen molar-refractivity contribution in [2.45, 2.75) is 54.0 Å². The minimum atomic E-state index is -0.320. The number of thioether (sulfide) groups is 1. The van der Waals surface area contributed by atoms with Crippen molar-refractivity contribution in [3.8, 4) is 0 Å². The summed E-state index contributed by atoms with van der Waals surface area (Å²) in [5.74, 6) is -0.320. The van der Waals surface area contributed by atoms with E-state index in [1.54, 1.807) is 11.3 Å². The third-order valence-electron chi connectivity index (χ3n) is 3.93. The van der Waals surface area contributed by atoms with E-state index in [0.717, 1.165) is 43.4 Å². The van der Waals surface area contributed by atoms with Gasteiger partial charge in [0.25, 0.3) is 0 Å². The molecule has 1 aromatic heterocycles. The molecule has 0 bridgehead atoms. The van der Waals surface area contributed by atoms with Crippen molar-refractivity contribution in [1.29, 1.82) is 0 Å². The summed E-state index contributed by atoms with van der Waals surface area (Å²) in [6.07, 6.45) is 6.12. The van der Waals surface area contributed by atoms with Crippen molar-refractivity contribution in [3.63, 3.8) is 0 Å². The Kier molecular flexibility index (Phi) is 4.99. The van der Waals surface area contributed by atoms with Crippen molar-refractivity contribution in [1.82, 2.24) is 10.3 Å². The first-order valence-corrected chi connectivity index (χ1v) is 9.15. The smallest absolute Gasteiger partial charge is 0.169 e. The van der Waals surface area contributed by atoms with E-state index in [4.69, 9.17) is 9.47 Å². The van der Waals surface area contributed by atoms with Crippen molar-refractivity contribution >= 4 is 23.1 Å². The lowest BCUT2D eigenvalue weighted by Gasteiger charge is -2.40. The number of rotatable bonds is 5. The molecule has 3 rings (SSSR count). The minimum absolute atomic E-state index is 0.320. The monoisotopic (exact) mass is 314 g/mol. The van der Waals surface area contributed by atoms with Gasteiger partial charge in [0.2, 0.25) is 0 Å². The van der Waals surface area contributed by atoms with Crippen LogP contribution in [0.25, 0.3) is 0 Å². The number of nitrogens with one attached hydrogen (secondary N) is 1. The molecule has 1 saturated carbocycles. The molecule has 1 aliphatic heterocycles. The summed E-state index contributed by atoms with van der Waals surface area (Å²) < 4.78 is 13.0. The van der Waals surface area contributed by atoms with E-state index in [-0.39, 0.29) is 5.79 Å². The van der Waals surface area contributed by atoms with E-state index in [1.807, 2.05) is 23.3 Å². The highest BCUT2D eigenvalue weighted by atomic mass is 32.2. The Morgan fingerprint density at radius 1 is 1.50 bits per heavy atom. The van der Waals surface area contributed by atoms with Crippen LogP contribution in [0.1, 0.15) is 32.6 Å². The Balaban J connectivity index is 1.68. The SMILES string of the molecule is CCCNC1CCC2(CC1Sc1nccs1)OCCO2. The quantitative estimate of drug-likeness (QED) is 0.905. The number of thiazole rings is 1. The lowest BCUT2D eigenvalue weighted by Crippen LogP contribution is -2.49. The van der Waals surface area contributed by atoms with Crippen LogP contribution in [0, 0.1) is 0 Å². The maximum absolute atomic E-state index is 5.90. The van der Waals surface area contributed by atoms with Crippen LogP contribution in [0.15, 0.2) is 15.9 Å². The van der Waals surface area contributed by atoms with Crippen LogP contribution >= 0.6 is 23.1 Å². The van der Waals surface area contributed by atoms with Crippen LogP contribution in [-0.2, 0) is 9.47 Å². The fourth-order valence-electron chi connectivity index (χ4n) is 2.96. The predicted octanol–water partition coefficient (Wildman–Crippen LogP) is 2.90. The van der Waals surface area contributed by atoms with Crippen LogP contribution in [0.4, 0.5) is 0 Å². The molecular weight excluding hydrogens is 292 g/mol. The molecular formula is C14H22N2O2S2. The summed E-state index contributed by atoms with van der Waals surface area (Å²) in [6.45, 7) is 4.77. The van der Waals surface area contributed by atoms with Crippen LogP contribution in [0.5, 0.6) is 0 Å². The standard InChI is InChI=1S/C14H22N2O2S2/c1-2-5-15-11-3-4-14(17-7-8-18-14)10-12(11)20-13-16-6-9-19-13/h6,9,11-12,15H,2-5,7-8,10H2,1H3. The number of nitrogens with zero attached hydrogens (tertiary/aromatic N) is 1. The normalized spacial score (nSPS) is 29.1. The molecule has 1 spiro atoms. The maximum atomic E-state index is 5.90. The van der Waals surface area contributed by atoms with Crippen LogP contribution < -0.4 is 5.32 Å². The molecule has 6 heteroatoms. The fraction of sp³-hybridized carbons (Fsp3) is 0.786. The number of hydrogen-bond acceptors (Lipinski definition) is 6. The van der Waals surface area contributed by atoms with Crippen LogP contribution in [-0.4, -0.2) is 41.8 Å². The van der Waals surface area contributed by atoms with E-state index in [1.165, 1.54) is 6.42 Å². The molecule has 4 nitrogen and oxygen atoms in total. The molecule has 2 heterocycles. The molecule has 1 N–H and O–H groups in total. The average Bonchev–Trinajstić information content (AvgIpc) is 3.11. The lowest BCUT2D eigenvalue weighted by molar-refractivity contribution is -0.178. The number of ether oxygens (including phenoxy) is 2. The molecule has 1 saturated heterocycles. The minimum Gasteiger partial charge on any atom is -0.347 e. The Bertz CT molecular complexity index is 407. The second-order valence-corrected chi connectivity index (χ2v) is 7.75. The van der Waals surface area contributed by atoms with E-state index in [2.05, 4.69) is 17.2 Å². The summed E-state index contributed by atoms with van der Waals surface area (Å²) in [5.41, 5.74) is 0. The Morgan fingerprint density at radius 3 is 3.05 bits per heavy atom. The van der Waals surface area contributed by atoms with Gasteiger partial charge in [0, 0.05) is 35.7 Å². The lowest BCUT2D eigenvalue weighted by atomic mass is 9.89. The Morgan fingerprint density at radius 2 is 2.35 bits per heavy atom. The maximum Gasteiger partial charge on any atom is 0.169 e. The van der Waals surface area contributed by atoms with Crippen LogP contribution in [0.2, 0.25) is 0 Å². The van der Waals surface area contributed by atoms with Gasteiger partial charge >= 0.3 is 0 Å². The molecule has 2 aliphatic rings. The van der Waals surface area contributed by atoms with Gasteiger partial charge < -0.3 is 14.8 Å². The highest BCUT2D eigenvalue weighted by Gasteiger charge is 2.45. The summed E-state index contributed by atoms with van der Waals surface area (Å²) in [5, 5.41) is 6.20. The van der Waals surface area contributed by atoms with Gasteiger partial charge in [0.1, 0.15) is 4.34 Å². The zero-order valence-corrected chi connectivity index (χ0v) is 13.5. The summed E-state index contributed by atoms with van der Waals surface area (Å²) in [7, 11) is 0. The first kappa shape index (κ1) is 14.8. The molecule has 2 fully saturated rings. The molecule has 20 heavy (non-hydrogen) atoms. The van der Waals surface area contributed by atoms with Crippen molar-refractivity contribution in [3.05, 3.63) is 11.6 Å². The number of hydrogen-bond donors (Lipinski definition) is 1. The first-order valence-electron chi connectivity index (χ1n) is 7.39. The van der Waals surface area contributed by atoms with Gasteiger partial charge in [0.05, 0.1) is 13.2 Å². The highest BCUT2D eigenvalue weighted by Crippen LogP contribution is 2.42. The largest absolute Gasteiger partial charge is 0.347 e. The molecule has 112 valence electrons. The summed E-state index contributed by atoms with van der Waals surface area (Å²) in [4.78, 5) is 4.41. The molecule has 2 unspecified atom stereocenters. The number of aromatic nitrogens is 1. The van der Waals surface area contributed by atoms with Gasteiger partial charge in [-0.3, -0.25) is 0 Å². The molecule has 0 aromatic carbocycles. The molecule has 0 radical (unpaired) electrons. The van der Waals surface area contributed by atoms with Gasteiger partial charge in [-0.05, 0) is 19.4 Å². The Hall–Kier alpha value is -0.140. The van der Waals surface area contributed by atoms with Gasteiger partial charge in [-0.2, -0.15) is 0 Å². The third kappa shape index (κ3) is 3.36. The summed E-state index contributed by atoms with van der Waals surface area (Å²) in [6, 6.07) is 0.530. The second kappa shape index (κ2) is 6.75. The van der Waals surface area contributed by atoms with Gasteiger partial charge in [0.15, 0.2) is 5.79 Å². The molecule has 0 amide bonds. The fourth-order valence-corrected chi connectivity index (χ4v) is 5.19. The van der Waals surface area contributed by atoms with Gasteiger partial charge in [-0.25, -0.2) is 4.98 Å². The second-order valence-electron chi connectivity index (χ2n) is 5.37. The summed E-state index contributed by atoms with van der Waals surface area (Å²) >= 11 is 3.59. The van der Waals surface area contributed by atoms with Gasteiger partial charge in [-0.1, -0.05) is 18.7 Å². The molecule has 1 aromatic rings. The van der Waals surface area contributed by atoms with E-state index in [0.29, 0.717) is 11.3 Å². The van der Waals surface area contributed by atoms with Crippen molar-refractivity contribution < 1.29 is 9.47 Å². The predicted molar refractivity (Wildman–Crippen MR) is 82.3 cm³/mol. The van der Waals surface area contributed by atoms with Crippen molar-refractivity contribution in [2.75, 3.05) is 19.8 Å². The highest BCUT2D eigenvalue weighted by molar-refractivity contribution is 8.01. The zero-order valence-electron chi connectivity index (χ0n) is 11.8. The van der Waals surface area contributed by atoms with E-state index < -0.39 is 0 Å². The topological polar surface area (TPSA) is 43.4 Å². The zero-order chi connectivity index (χ0) is 13.8. The molecule has 2 atom stereocenters. The Labute approximate surface area is 128 Å². The van der Waals surface area contributed by atoms with Gasteiger partial charge in [-0.15, -0.1) is 11.3 Å². The third-order valence-corrected chi connectivity index (χ3v) is 6.18. The molecule has 1 aliphatic carbocycles. The average molecular weight is 314 g/mol. The van der Waals surface area contributed by atoms with Crippen molar-refractivity contribution in [2.24, 2.45) is 0 Å². The van der Waals surface area contributed by atoms with E-state index in [9.17, 15) is 0 Å². The first-order chi connectivity index (χ1) is 9.81.